The van der Waals surface area contributed by atoms with E-state index < -0.39 is 17.2 Å². The third-order valence-electron chi connectivity index (χ3n) is 4.53. The number of fused-ring (bicyclic) bond motifs is 1. The van der Waals surface area contributed by atoms with E-state index in [1.165, 1.54) is 25.3 Å². The van der Waals surface area contributed by atoms with E-state index in [1.54, 1.807) is 32.2 Å². The summed E-state index contributed by atoms with van der Waals surface area (Å²) in [5, 5.41) is 3.11. The maximum Gasteiger partial charge on any atom is 0.328 e. The molecule has 0 atom stereocenters. The molecule has 3 aromatic rings. The summed E-state index contributed by atoms with van der Waals surface area (Å²) in [4.78, 5) is 39.7. The Bertz CT molecular complexity index is 1180. The van der Waals surface area contributed by atoms with E-state index >= 15 is 0 Å². The first-order valence-electron chi connectivity index (χ1n) is 9.36. The van der Waals surface area contributed by atoms with Crippen LogP contribution in [0.1, 0.15) is 17.3 Å². The van der Waals surface area contributed by atoms with Crippen molar-refractivity contribution in [3.63, 3.8) is 0 Å². The number of nitrogens with zero attached hydrogens (tertiary/aromatic N) is 1. The van der Waals surface area contributed by atoms with Crippen molar-refractivity contribution in [2.24, 2.45) is 0 Å². The highest BCUT2D eigenvalue weighted by Gasteiger charge is 2.13. The van der Waals surface area contributed by atoms with Crippen molar-refractivity contribution < 1.29 is 19.0 Å². The Morgan fingerprint density at radius 2 is 1.87 bits per heavy atom. The van der Waals surface area contributed by atoms with Crippen LogP contribution in [0, 0.1) is 0 Å². The van der Waals surface area contributed by atoms with Crippen LogP contribution in [0.3, 0.4) is 0 Å². The summed E-state index contributed by atoms with van der Waals surface area (Å²) < 4.78 is 17.0. The zero-order chi connectivity index (χ0) is 21.7. The molecule has 3 rings (SSSR count). The lowest BCUT2D eigenvalue weighted by Gasteiger charge is -2.13. The number of rotatable bonds is 8. The van der Waals surface area contributed by atoms with Gasteiger partial charge in [0.2, 0.25) is 0 Å². The van der Waals surface area contributed by atoms with Gasteiger partial charge in [-0.05, 0) is 37.3 Å². The second-order valence-corrected chi connectivity index (χ2v) is 6.40. The van der Waals surface area contributed by atoms with Gasteiger partial charge in [0.1, 0.15) is 6.61 Å². The molecule has 2 aromatic carbocycles. The minimum atomic E-state index is -0.513. The van der Waals surface area contributed by atoms with Gasteiger partial charge < -0.3 is 24.5 Å². The average molecular weight is 413 g/mol. The van der Waals surface area contributed by atoms with Gasteiger partial charge >= 0.3 is 5.69 Å². The highest BCUT2D eigenvalue weighted by atomic mass is 16.5. The molecule has 0 radical (unpaired) electrons. The first-order chi connectivity index (χ1) is 14.5. The topological polar surface area (TPSA) is 112 Å². The zero-order valence-corrected chi connectivity index (χ0v) is 17.0. The molecule has 0 fully saturated rings. The van der Waals surface area contributed by atoms with Crippen LogP contribution in [0.2, 0.25) is 0 Å². The van der Waals surface area contributed by atoms with Crippen LogP contribution in [0.4, 0.5) is 5.69 Å². The molecule has 0 bridgehead atoms. The monoisotopic (exact) mass is 413 g/mol. The molecule has 1 aromatic heterocycles. The number of anilines is 1. The summed E-state index contributed by atoms with van der Waals surface area (Å²) >= 11 is 0. The Morgan fingerprint density at radius 3 is 2.57 bits per heavy atom. The summed E-state index contributed by atoms with van der Waals surface area (Å²) in [6.07, 6.45) is 0. The van der Waals surface area contributed by atoms with Crippen LogP contribution >= 0.6 is 0 Å². The van der Waals surface area contributed by atoms with Crippen molar-refractivity contribution in [3.8, 4) is 11.5 Å². The fraction of sp³-hybridized carbons (Fsp3) is 0.286. The summed E-state index contributed by atoms with van der Waals surface area (Å²) in [6.45, 7) is 2.72. The van der Waals surface area contributed by atoms with Crippen molar-refractivity contribution in [3.05, 3.63) is 62.8 Å². The third kappa shape index (κ3) is 4.36. The molecule has 158 valence electrons. The number of benzene rings is 2. The molecule has 0 saturated carbocycles. The molecule has 0 spiro atoms. The second-order valence-electron chi connectivity index (χ2n) is 6.40. The largest absolute Gasteiger partial charge is 0.493 e. The van der Waals surface area contributed by atoms with Gasteiger partial charge in [-0.15, -0.1) is 0 Å². The number of carbonyl (C=O) groups excluding carboxylic acids is 1. The van der Waals surface area contributed by atoms with Gasteiger partial charge in [0, 0.05) is 31.0 Å². The van der Waals surface area contributed by atoms with Crippen LogP contribution in [0.25, 0.3) is 10.9 Å². The maximum absolute atomic E-state index is 12.7. The number of hydrogen-bond acceptors (Lipinski definition) is 6. The van der Waals surface area contributed by atoms with Crippen molar-refractivity contribution in [1.29, 1.82) is 0 Å². The molecule has 0 unspecified atom stereocenters. The van der Waals surface area contributed by atoms with Gasteiger partial charge in [-0.1, -0.05) is 0 Å². The molecule has 0 aliphatic heterocycles. The lowest BCUT2D eigenvalue weighted by atomic mass is 10.1. The quantitative estimate of drug-likeness (QED) is 0.547. The Balaban J connectivity index is 1.87. The van der Waals surface area contributed by atoms with Gasteiger partial charge in [-0.2, -0.15) is 0 Å². The average Bonchev–Trinajstić information content (AvgIpc) is 2.74. The van der Waals surface area contributed by atoms with Crippen molar-refractivity contribution in [2.45, 2.75) is 13.5 Å². The summed E-state index contributed by atoms with van der Waals surface area (Å²) in [5.74, 6) is 0.598. The fourth-order valence-electron chi connectivity index (χ4n) is 2.99. The normalized spacial score (nSPS) is 10.8. The lowest BCUT2D eigenvalue weighted by Crippen LogP contribution is -2.34. The third-order valence-corrected chi connectivity index (χ3v) is 4.53. The van der Waals surface area contributed by atoms with Crippen LogP contribution < -0.4 is 26.0 Å². The number of carbonyl (C=O) groups is 1. The van der Waals surface area contributed by atoms with E-state index in [9.17, 15) is 14.4 Å². The van der Waals surface area contributed by atoms with Crippen LogP contribution in [0.5, 0.6) is 11.5 Å². The predicted octanol–water partition coefficient (Wildman–Crippen LogP) is 2.00. The van der Waals surface area contributed by atoms with Crippen molar-refractivity contribution in [1.82, 2.24) is 9.55 Å². The smallest absolute Gasteiger partial charge is 0.328 e. The van der Waals surface area contributed by atoms with Crippen LogP contribution in [-0.4, -0.2) is 42.9 Å². The first kappa shape index (κ1) is 21.1. The van der Waals surface area contributed by atoms with Crippen LogP contribution in [0.15, 0.2) is 46.0 Å². The van der Waals surface area contributed by atoms with Crippen molar-refractivity contribution in [2.75, 3.05) is 32.8 Å². The number of methoxy groups -OCH3 is 2. The fourth-order valence-corrected chi connectivity index (χ4v) is 2.99. The number of nitrogens with one attached hydrogen (secondary N) is 2. The minimum absolute atomic E-state index is 0.262. The van der Waals surface area contributed by atoms with E-state index in [2.05, 4.69) is 10.3 Å². The van der Waals surface area contributed by atoms with E-state index in [0.717, 1.165) is 4.57 Å². The first-order valence-corrected chi connectivity index (χ1v) is 9.36. The number of aromatic amines is 1. The minimum Gasteiger partial charge on any atom is -0.493 e. The van der Waals surface area contributed by atoms with Gasteiger partial charge in [0.15, 0.2) is 11.5 Å². The number of hydrogen-bond donors (Lipinski definition) is 2. The molecular weight excluding hydrogens is 390 g/mol. The lowest BCUT2D eigenvalue weighted by molar-refractivity contribution is 0.102. The molecular formula is C21H23N3O6. The number of aromatic nitrogens is 2. The molecule has 0 aliphatic rings. The highest BCUT2D eigenvalue weighted by molar-refractivity contribution is 6.06. The van der Waals surface area contributed by atoms with Gasteiger partial charge in [-0.25, -0.2) is 4.79 Å². The summed E-state index contributed by atoms with van der Waals surface area (Å²) in [6, 6.07) is 9.56. The van der Waals surface area contributed by atoms with Crippen LogP contribution in [-0.2, 0) is 11.3 Å². The van der Waals surface area contributed by atoms with Gasteiger partial charge in [0.25, 0.3) is 11.5 Å². The Kier molecular flexibility index (Phi) is 6.53. The van der Waals surface area contributed by atoms with Crippen molar-refractivity contribution >= 4 is 22.5 Å². The van der Waals surface area contributed by atoms with Gasteiger partial charge in [-0.3, -0.25) is 14.2 Å². The second kappa shape index (κ2) is 9.27. The summed E-state index contributed by atoms with van der Waals surface area (Å²) in [5.41, 5.74) is 0.199. The zero-order valence-electron chi connectivity index (χ0n) is 17.0. The molecule has 2 N–H and O–H groups in total. The Morgan fingerprint density at radius 1 is 1.07 bits per heavy atom. The maximum atomic E-state index is 12.7. The molecule has 1 amide bonds. The van der Waals surface area contributed by atoms with E-state index in [-0.39, 0.29) is 6.54 Å². The molecule has 0 saturated heterocycles. The Hall–Kier alpha value is -3.59. The van der Waals surface area contributed by atoms with E-state index in [4.69, 9.17) is 14.2 Å². The van der Waals surface area contributed by atoms with E-state index in [0.29, 0.717) is 46.9 Å². The molecule has 9 nitrogen and oxygen atoms in total. The SMILES string of the molecule is CCn1c(=O)[nH]c2cc(C(=O)Nc3ccc(OC)c(OCCOC)c3)ccc2c1=O. The summed E-state index contributed by atoms with van der Waals surface area (Å²) in [7, 11) is 3.10. The highest BCUT2D eigenvalue weighted by Crippen LogP contribution is 2.30. The molecule has 1 heterocycles. The Labute approximate surface area is 172 Å². The standard InChI is InChI=1S/C21H23N3O6/c1-4-24-20(26)15-7-5-13(11-16(15)23-21(24)27)19(25)22-14-6-8-17(29-3)18(12-14)30-10-9-28-2/h5-8,11-12H,4,9-10H2,1-3H3,(H,22,25)(H,23,27). The molecule has 0 aliphatic carbocycles. The number of amides is 1. The van der Waals surface area contributed by atoms with Gasteiger partial charge in [0.05, 0.1) is 24.6 Å². The predicted molar refractivity (Wildman–Crippen MR) is 113 cm³/mol. The number of H-pyrrole nitrogens is 1. The molecule has 9 heteroatoms. The number of ether oxygens (including phenoxy) is 3. The van der Waals surface area contributed by atoms with E-state index in [1.807, 2.05) is 0 Å². The molecule has 30 heavy (non-hydrogen) atoms.